The first kappa shape index (κ1) is 15.9. The number of hydrogen-bond donors (Lipinski definition) is 0. The van der Waals surface area contributed by atoms with Gasteiger partial charge in [0.1, 0.15) is 17.5 Å². The standard InChI is InChI=1S/C16H19NO5/c1-10-7-13(16(19)22-4)17(15(10)18)9-11-5-6-12(20-2)8-14(11)21-3/h5-6,8,13H,1,7,9H2,2-4H3. The number of amides is 1. The lowest BCUT2D eigenvalue weighted by molar-refractivity contribution is -0.149. The average Bonchev–Trinajstić information content (AvgIpc) is 2.82. The molecular weight excluding hydrogens is 286 g/mol. The van der Waals surface area contributed by atoms with Crippen LogP contribution in [0.25, 0.3) is 0 Å². The number of methoxy groups -OCH3 is 3. The Bertz CT molecular complexity index is 611. The fourth-order valence-corrected chi connectivity index (χ4v) is 2.47. The number of hydrogen-bond acceptors (Lipinski definition) is 5. The Morgan fingerprint density at radius 2 is 2.05 bits per heavy atom. The van der Waals surface area contributed by atoms with Crippen LogP contribution in [0.3, 0.4) is 0 Å². The first-order chi connectivity index (χ1) is 10.5. The van der Waals surface area contributed by atoms with Crippen LogP contribution in [0.4, 0.5) is 0 Å². The molecule has 0 N–H and O–H groups in total. The number of carbonyl (C=O) groups is 2. The maximum Gasteiger partial charge on any atom is 0.328 e. The van der Waals surface area contributed by atoms with Crippen LogP contribution in [0, 0.1) is 0 Å². The van der Waals surface area contributed by atoms with Gasteiger partial charge in [-0.3, -0.25) is 4.79 Å². The smallest absolute Gasteiger partial charge is 0.328 e. The monoisotopic (exact) mass is 305 g/mol. The van der Waals surface area contributed by atoms with Crippen molar-refractivity contribution in [1.29, 1.82) is 0 Å². The fourth-order valence-electron chi connectivity index (χ4n) is 2.47. The third-order valence-corrected chi connectivity index (χ3v) is 3.69. The van der Waals surface area contributed by atoms with E-state index in [1.54, 1.807) is 32.4 Å². The van der Waals surface area contributed by atoms with Gasteiger partial charge >= 0.3 is 5.97 Å². The molecule has 1 atom stereocenters. The van der Waals surface area contributed by atoms with Gasteiger partial charge in [0.05, 0.1) is 27.9 Å². The van der Waals surface area contributed by atoms with Gasteiger partial charge in [0, 0.05) is 23.6 Å². The van der Waals surface area contributed by atoms with Crippen molar-refractivity contribution in [3.8, 4) is 11.5 Å². The summed E-state index contributed by atoms with van der Waals surface area (Å²) >= 11 is 0. The highest BCUT2D eigenvalue weighted by Crippen LogP contribution is 2.30. The van der Waals surface area contributed by atoms with E-state index in [0.717, 1.165) is 5.56 Å². The average molecular weight is 305 g/mol. The van der Waals surface area contributed by atoms with Gasteiger partial charge in [-0.2, -0.15) is 0 Å². The minimum absolute atomic E-state index is 0.241. The Hall–Kier alpha value is -2.50. The number of likely N-dealkylation sites (tertiary alicyclic amines) is 1. The molecule has 1 saturated heterocycles. The Morgan fingerprint density at radius 1 is 1.32 bits per heavy atom. The maximum absolute atomic E-state index is 12.2. The molecule has 2 rings (SSSR count). The molecule has 1 aromatic rings. The second-order valence-electron chi connectivity index (χ2n) is 4.96. The SMILES string of the molecule is C=C1CC(C(=O)OC)N(Cc2ccc(OC)cc2OC)C1=O. The zero-order chi connectivity index (χ0) is 16.3. The molecule has 1 fully saturated rings. The van der Waals surface area contributed by atoms with E-state index in [0.29, 0.717) is 17.1 Å². The normalized spacial score (nSPS) is 17.6. The van der Waals surface area contributed by atoms with E-state index in [9.17, 15) is 9.59 Å². The van der Waals surface area contributed by atoms with Crippen molar-refractivity contribution in [2.24, 2.45) is 0 Å². The minimum atomic E-state index is -0.642. The molecule has 0 radical (unpaired) electrons. The first-order valence-corrected chi connectivity index (χ1v) is 6.79. The lowest BCUT2D eigenvalue weighted by Gasteiger charge is -2.23. The number of ether oxygens (including phenoxy) is 3. The zero-order valence-electron chi connectivity index (χ0n) is 12.9. The number of nitrogens with zero attached hydrogens (tertiary/aromatic N) is 1. The van der Waals surface area contributed by atoms with Gasteiger partial charge < -0.3 is 19.1 Å². The minimum Gasteiger partial charge on any atom is -0.497 e. The van der Waals surface area contributed by atoms with Crippen LogP contribution in [-0.4, -0.2) is 44.1 Å². The Morgan fingerprint density at radius 3 is 2.64 bits per heavy atom. The second-order valence-corrected chi connectivity index (χ2v) is 4.96. The van der Waals surface area contributed by atoms with E-state index in [1.807, 2.05) is 0 Å². The third-order valence-electron chi connectivity index (χ3n) is 3.69. The molecule has 6 heteroatoms. The lowest BCUT2D eigenvalue weighted by Crippen LogP contribution is -2.38. The Kier molecular flexibility index (Phi) is 4.70. The molecule has 1 aromatic carbocycles. The molecule has 1 unspecified atom stereocenters. The first-order valence-electron chi connectivity index (χ1n) is 6.79. The van der Waals surface area contributed by atoms with Gasteiger partial charge in [0.2, 0.25) is 5.91 Å². The molecule has 22 heavy (non-hydrogen) atoms. The van der Waals surface area contributed by atoms with Gasteiger partial charge in [0.15, 0.2) is 0 Å². The molecule has 1 aliphatic heterocycles. The number of carbonyl (C=O) groups excluding carboxylic acids is 2. The predicted molar refractivity (Wildman–Crippen MR) is 79.7 cm³/mol. The molecule has 0 aliphatic carbocycles. The maximum atomic E-state index is 12.2. The van der Waals surface area contributed by atoms with Crippen molar-refractivity contribution >= 4 is 11.9 Å². The topological polar surface area (TPSA) is 65.1 Å². The summed E-state index contributed by atoms with van der Waals surface area (Å²) in [5.41, 5.74) is 1.18. The van der Waals surface area contributed by atoms with E-state index in [2.05, 4.69) is 6.58 Å². The molecule has 1 amide bonds. The number of benzene rings is 1. The highest BCUT2D eigenvalue weighted by atomic mass is 16.5. The van der Waals surface area contributed by atoms with E-state index >= 15 is 0 Å². The zero-order valence-corrected chi connectivity index (χ0v) is 12.9. The van der Waals surface area contributed by atoms with Crippen LogP contribution in [0.2, 0.25) is 0 Å². The van der Waals surface area contributed by atoms with Gasteiger partial charge in [-0.25, -0.2) is 4.79 Å². The van der Waals surface area contributed by atoms with Gasteiger partial charge in [-0.1, -0.05) is 6.58 Å². The summed E-state index contributed by atoms with van der Waals surface area (Å²) in [4.78, 5) is 25.5. The largest absolute Gasteiger partial charge is 0.497 e. The summed E-state index contributed by atoms with van der Waals surface area (Å²) in [7, 11) is 4.41. The predicted octanol–water partition coefficient (Wildman–Crippen LogP) is 1.53. The molecule has 0 saturated carbocycles. The molecule has 0 aromatic heterocycles. The van der Waals surface area contributed by atoms with Crippen LogP contribution in [0.1, 0.15) is 12.0 Å². The van der Waals surface area contributed by atoms with Crippen molar-refractivity contribution in [1.82, 2.24) is 4.90 Å². The highest BCUT2D eigenvalue weighted by molar-refractivity contribution is 6.00. The van der Waals surface area contributed by atoms with E-state index in [-0.39, 0.29) is 18.9 Å². The Labute approximate surface area is 129 Å². The lowest BCUT2D eigenvalue weighted by atomic mass is 10.1. The van der Waals surface area contributed by atoms with Crippen molar-refractivity contribution in [2.75, 3.05) is 21.3 Å². The van der Waals surface area contributed by atoms with E-state index in [1.165, 1.54) is 12.0 Å². The summed E-state index contributed by atoms with van der Waals surface area (Å²) in [6.07, 6.45) is 0.282. The summed E-state index contributed by atoms with van der Waals surface area (Å²) in [5, 5.41) is 0. The van der Waals surface area contributed by atoms with Crippen LogP contribution >= 0.6 is 0 Å². The third kappa shape index (κ3) is 2.90. The van der Waals surface area contributed by atoms with E-state index < -0.39 is 12.0 Å². The summed E-state index contributed by atoms with van der Waals surface area (Å²) < 4.78 is 15.2. The van der Waals surface area contributed by atoms with Crippen LogP contribution in [0.5, 0.6) is 11.5 Å². The Balaban J connectivity index is 2.29. The summed E-state index contributed by atoms with van der Waals surface area (Å²) in [5.74, 6) is 0.559. The molecule has 1 heterocycles. The van der Waals surface area contributed by atoms with Crippen LogP contribution in [0.15, 0.2) is 30.4 Å². The van der Waals surface area contributed by atoms with E-state index in [4.69, 9.17) is 14.2 Å². The van der Waals surface area contributed by atoms with Crippen LogP contribution in [-0.2, 0) is 20.9 Å². The van der Waals surface area contributed by atoms with Crippen LogP contribution < -0.4 is 9.47 Å². The van der Waals surface area contributed by atoms with Gasteiger partial charge in [-0.05, 0) is 12.1 Å². The van der Waals surface area contributed by atoms with Gasteiger partial charge in [0.25, 0.3) is 0 Å². The fraction of sp³-hybridized carbons (Fsp3) is 0.375. The highest BCUT2D eigenvalue weighted by Gasteiger charge is 2.39. The van der Waals surface area contributed by atoms with Crippen molar-refractivity contribution in [2.45, 2.75) is 19.0 Å². The molecule has 0 spiro atoms. The van der Waals surface area contributed by atoms with Crippen molar-refractivity contribution < 1.29 is 23.8 Å². The molecule has 1 aliphatic rings. The summed E-state index contributed by atoms with van der Waals surface area (Å²) in [6.45, 7) is 3.95. The second kappa shape index (κ2) is 6.51. The summed E-state index contributed by atoms with van der Waals surface area (Å²) in [6, 6.07) is 4.68. The molecule has 0 bridgehead atoms. The molecular formula is C16H19NO5. The molecule has 6 nitrogen and oxygen atoms in total. The van der Waals surface area contributed by atoms with Crippen molar-refractivity contribution in [3.63, 3.8) is 0 Å². The van der Waals surface area contributed by atoms with Gasteiger partial charge in [-0.15, -0.1) is 0 Å². The number of esters is 1. The quantitative estimate of drug-likeness (QED) is 0.610. The molecule has 118 valence electrons. The van der Waals surface area contributed by atoms with Crippen molar-refractivity contribution in [3.05, 3.63) is 35.9 Å². The number of rotatable bonds is 5.